The van der Waals surface area contributed by atoms with Crippen molar-refractivity contribution < 1.29 is 9.90 Å². The fourth-order valence-corrected chi connectivity index (χ4v) is 0. The fourth-order valence-electron chi connectivity index (χ4n) is 0. The number of aliphatic hydroxyl groups excluding tert-OH is 1. The van der Waals surface area contributed by atoms with E-state index in [2.05, 4.69) is 23.4 Å². The van der Waals surface area contributed by atoms with Crippen molar-refractivity contribution in [1.82, 2.24) is 0 Å². The van der Waals surface area contributed by atoms with Crippen molar-refractivity contribution in [3.05, 3.63) is 0 Å². The van der Waals surface area contributed by atoms with Gasteiger partial charge in [-0.05, 0) is 0 Å². The first kappa shape index (κ1) is 16.2. The van der Waals surface area contributed by atoms with Crippen LogP contribution in [0.1, 0.15) is 0 Å². The number of hydrogen-bond acceptors (Lipinski definition) is 5. The van der Waals surface area contributed by atoms with Gasteiger partial charge in [0.1, 0.15) is 0 Å². The van der Waals surface area contributed by atoms with Crippen LogP contribution in [-0.2, 0) is 4.79 Å². The molecule has 0 rings (SSSR count). The Morgan fingerprint density at radius 2 is 1.14 bits per heavy atom. The third-order valence-corrected chi connectivity index (χ3v) is 0. The molecular weight excluding hydrogens is 100 g/mol. The first-order valence-electron chi connectivity index (χ1n) is 1.09. The van der Waals surface area contributed by atoms with Gasteiger partial charge < -0.3 is 5.11 Å². The topological polar surface area (TPSA) is 141 Å². The van der Waals surface area contributed by atoms with Crippen molar-refractivity contribution in [1.29, 1.82) is 0 Å². The molecular formula is CH9N4O2. The lowest BCUT2D eigenvalue weighted by Crippen LogP contribution is -2.02. The zero-order valence-electron chi connectivity index (χ0n) is 3.66. The van der Waals surface area contributed by atoms with Crippen LogP contribution in [0.2, 0.25) is 0 Å². The molecule has 0 fully saturated rings. The molecule has 0 amide bonds. The smallest absolute Gasteiger partial charge is 0.414 e. The molecule has 1 radical (unpaired) electrons. The molecule has 0 aromatic carbocycles. The summed E-state index contributed by atoms with van der Waals surface area (Å²) in [5, 5.41) is 6.76. The van der Waals surface area contributed by atoms with Crippen LogP contribution in [0.4, 0.5) is 0 Å². The minimum Gasteiger partial charge on any atom is -0.473 e. The largest absolute Gasteiger partial charge is 0.473 e. The highest BCUT2D eigenvalue weighted by Crippen LogP contribution is 0.973. The first-order chi connectivity index (χ1) is 3.41. The van der Waals surface area contributed by atoms with Crippen LogP contribution in [0.5, 0.6) is 0 Å². The Morgan fingerprint density at radius 3 is 1.14 bits per heavy atom. The van der Waals surface area contributed by atoms with Crippen molar-refractivity contribution >= 4 is 6.47 Å². The van der Waals surface area contributed by atoms with Gasteiger partial charge in [-0.15, -0.1) is 0 Å². The lowest BCUT2D eigenvalue weighted by atomic mass is 11.7. The van der Waals surface area contributed by atoms with Crippen LogP contribution < -0.4 is 23.4 Å². The molecule has 0 saturated heterocycles. The van der Waals surface area contributed by atoms with Crippen LogP contribution >= 0.6 is 0 Å². The van der Waals surface area contributed by atoms with E-state index in [1.165, 1.54) is 0 Å². The Labute approximate surface area is 41.0 Å². The maximum absolute atomic E-state index is 8.24. The monoisotopic (exact) mass is 109 g/mol. The Morgan fingerprint density at radius 1 is 1.14 bits per heavy atom. The average Bonchev–Trinajstić information content (AvgIpc) is 1.78. The lowest BCUT2D eigenvalue weighted by Gasteiger charge is -1.29. The molecule has 0 spiro atoms. The van der Waals surface area contributed by atoms with E-state index in [-0.39, 0.29) is 0 Å². The molecule has 0 heterocycles. The van der Waals surface area contributed by atoms with Gasteiger partial charge in [0.05, 0.1) is 0 Å². The molecule has 0 aliphatic heterocycles. The van der Waals surface area contributed by atoms with E-state index in [4.69, 9.17) is 9.90 Å². The molecule has 6 heteroatoms. The second kappa shape index (κ2) is 1030. The fraction of sp³-hybridized carbons (Fsp3) is 0. The second-order valence-electron chi connectivity index (χ2n) is 0.0913. The van der Waals surface area contributed by atoms with Gasteiger partial charge in [-0.25, -0.2) is 4.79 Å². The SMILES string of the molecule is NN.NN.O=[C]O. The van der Waals surface area contributed by atoms with E-state index >= 15 is 0 Å². The van der Waals surface area contributed by atoms with Crippen molar-refractivity contribution in [2.45, 2.75) is 0 Å². The normalized spacial score (nSPS) is 3.43. The third kappa shape index (κ3) is 122. The number of hydrazine groups is 2. The maximum Gasteiger partial charge on any atom is 0.414 e. The van der Waals surface area contributed by atoms with E-state index in [0.717, 1.165) is 0 Å². The number of nitrogens with two attached hydrogens (primary N) is 4. The van der Waals surface area contributed by atoms with E-state index < -0.39 is 0 Å². The maximum atomic E-state index is 8.24. The zero-order valence-corrected chi connectivity index (χ0v) is 3.66. The predicted molar refractivity (Wildman–Crippen MR) is 25.1 cm³/mol. The van der Waals surface area contributed by atoms with Crippen LogP contribution in [0, 0.1) is 0 Å². The summed E-state index contributed by atoms with van der Waals surface area (Å²) in [4.78, 5) is 8.24. The highest BCUT2D eigenvalue weighted by molar-refractivity contribution is 5.34. The molecule has 7 heavy (non-hydrogen) atoms. The Balaban J connectivity index is -0.0000000360. The summed E-state index contributed by atoms with van der Waals surface area (Å²) in [6, 6.07) is 0. The molecule has 0 aliphatic rings. The summed E-state index contributed by atoms with van der Waals surface area (Å²) in [6.45, 7) is 0.500. The average molecular weight is 109 g/mol. The summed E-state index contributed by atoms with van der Waals surface area (Å²) in [5.74, 6) is 16.0. The van der Waals surface area contributed by atoms with Crippen molar-refractivity contribution in [3.63, 3.8) is 0 Å². The van der Waals surface area contributed by atoms with Crippen LogP contribution in [0.3, 0.4) is 0 Å². The molecule has 0 atom stereocenters. The molecule has 0 aromatic heterocycles. The lowest BCUT2D eigenvalue weighted by molar-refractivity contribution is 0.437. The van der Waals surface area contributed by atoms with Crippen molar-refractivity contribution in [2.75, 3.05) is 0 Å². The molecule has 0 aliphatic carbocycles. The van der Waals surface area contributed by atoms with Gasteiger partial charge in [-0.1, -0.05) is 0 Å². The van der Waals surface area contributed by atoms with Gasteiger partial charge in [-0.3, -0.25) is 23.4 Å². The molecule has 0 unspecified atom stereocenters. The Hall–Kier alpha value is -0.690. The molecule has 0 aromatic rings. The predicted octanol–water partition coefficient (Wildman–Crippen LogP) is -2.75. The number of rotatable bonds is 0. The van der Waals surface area contributed by atoms with Gasteiger partial charge in [0.2, 0.25) is 0 Å². The van der Waals surface area contributed by atoms with Gasteiger partial charge in [0.25, 0.3) is 0 Å². The molecule has 0 saturated carbocycles. The van der Waals surface area contributed by atoms with Crippen LogP contribution in [0.25, 0.3) is 0 Å². The van der Waals surface area contributed by atoms with Gasteiger partial charge in [0.15, 0.2) is 0 Å². The van der Waals surface area contributed by atoms with Crippen molar-refractivity contribution in [3.8, 4) is 0 Å². The van der Waals surface area contributed by atoms with E-state index in [9.17, 15) is 0 Å². The second-order valence-corrected chi connectivity index (χ2v) is 0.0913. The summed E-state index contributed by atoms with van der Waals surface area (Å²) in [6.07, 6.45) is 0. The quantitative estimate of drug-likeness (QED) is 0.168. The summed E-state index contributed by atoms with van der Waals surface area (Å²) in [7, 11) is 0. The van der Waals surface area contributed by atoms with Gasteiger partial charge in [-0.2, -0.15) is 0 Å². The van der Waals surface area contributed by atoms with Gasteiger partial charge in [0, 0.05) is 0 Å². The van der Waals surface area contributed by atoms with Crippen LogP contribution in [-0.4, -0.2) is 11.6 Å². The summed E-state index contributed by atoms with van der Waals surface area (Å²) >= 11 is 0. The van der Waals surface area contributed by atoms with Gasteiger partial charge >= 0.3 is 6.47 Å². The molecule has 9 N–H and O–H groups in total. The first-order valence-corrected chi connectivity index (χ1v) is 1.09. The van der Waals surface area contributed by atoms with Crippen LogP contribution in [0.15, 0.2) is 0 Å². The van der Waals surface area contributed by atoms with Crippen molar-refractivity contribution in [2.24, 2.45) is 23.4 Å². The van der Waals surface area contributed by atoms with E-state index in [1.54, 1.807) is 0 Å². The minimum absolute atomic E-state index is 0.500. The van der Waals surface area contributed by atoms with E-state index in [0.29, 0.717) is 6.47 Å². The standard InChI is InChI=1S/CHO2.2H4N2/c2-1-3;2*1-2/h(H,2,3);2*1-2H2. The highest BCUT2D eigenvalue weighted by Gasteiger charge is 1.30. The Kier molecular flexibility index (Phi) is 2380. The third-order valence-electron chi connectivity index (χ3n) is 0. The number of hydrogen-bond donors (Lipinski definition) is 5. The Bertz CT molecular complexity index is 17.2. The molecule has 0 bridgehead atoms. The van der Waals surface area contributed by atoms with E-state index in [1.807, 2.05) is 0 Å². The summed E-state index contributed by atoms with van der Waals surface area (Å²) < 4.78 is 0. The summed E-state index contributed by atoms with van der Waals surface area (Å²) in [5.41, 5.74) is 0. The zero-order chi connectivity index (χ0) is 6.71. The molecule has 6 nitrogen and oxygen atoms in total. The molecule has 45 valence electrons. The minimum atomic E-state index is 0.500. The highest BCUT2D eigenvalue weighted by atomic mass is 16.3.